The minimum absolute atomic E-state index is 0.584. The zero-order chi connectivity index (χ0) is 13.9. The van der Waals surface area contributed by atoms with Crippen molar-refractivity contribution in [2.24, 2.45) is 0 Å². The first-order chi connectivity index (χ1) is 9.81. The average molecular weight is 290 g/mol. The van der Waals surface area contributed by atoms with Crippen LogP contribution in [-0.2, 0) is 4.74 Å². The molecule has 0 amide bonds. The van der Waals surface area contributed by atoms with Gasteiger partial charge >= 0.3 is 0 Å². The van der Waals surface area contributed by atoms with Gasteiger partial charge in [-0.15, -0.1) is 0 Å². The van der Waals surface area contributed by atoms with Gasteiger partial charge in [-0.25, -0.2) is 0 Å². The number of anilines is 2. The molecule has 0 bridgehead atoms. The number of ether oxygens (including phenoxy) is 1. The van der Waals surface area contributed by atoms with E-state index >= 15 is 0 Å². The van der Waals surface area contributed by atoms with Gasteiger partial charge in [0.1, 0.15) is 10.8 Å². The van der Waals surface area contributed by atoms with E-state index in [-0.39, 0.29) is 0 Å². The highest BCUT2D eigenvalue weighted by Crippen LogP contribution is 2.43. The second kappa shape index (κ2) is 5.76. The topological polar surface area (TPSA) is 64.3 Å². The second-order valence-corrected chi connectivity index (χ2v) is 5.66. The van der Waals surface area contributed by atoms with Crippen molar-refractivity contribution in [3.05, 3.63) is 24.5 Å². The smallest absolute Gasteiger partial charge is 0.147 e. The van der Waals surface area contributed by atoms with Crippen LogP contribution in [0, 0.1) is 0 Å². The van der Waals surface area contributed by atoms with Gasteiger partial charge in [0.2, 0.25) is 0 Å². The summed E-state index contributed by atoms with van der Waals surface area (Å²) in [5, 5.41) is 1.13. The summed E-state index contributed by atoms with van der Waals surface area (Å²) in [5.74, 6) is 0.584. The lowest BCUT2D eigenvalue weighted by Gasteiger charge is -2.23. The lowest BCUT2D eigenvalue weighted by molar-refractivity contribution is 0.205. The summed E-state index contributed by atoms with van der Waals surface area (Å²) < 4.78 is 9.56. The van der Waals surface area contributed by atoms with Gasteiger partial charge in [-0.05, 0) is 30.4 Å². The molecule has 1 aliphatic rings. The monoisotopic (exact) mass is 290 g/mol. The van der Waals surface area contributed by atoms with Crippen LogP contribution in [0.4, 0.5) is 10.8 Å². The molecule has 2 aromatic heterocycles. The molecule has 0 aromatic carbocycles. The van der Waals surface area contributed by atoms with Crippen molar-refractivity contribution in [2.75, 3.05) is 30.9 Å². The van der Waals surface area contributed by atoms with Crippen LogP contribution in [0.1, 0.15) is 12.8 Å². The summed E-state index contributed by atoms with van der Waals surface area (Å²) in [7, 11) is 1.73. The number of aromatic nitrogens is 2. The number of hydrogen-bond donors (Lipinski definition) is 1. The predicted octanol–water partition coefficient (Wildman–Crippen LogP) is 2.40. The quantitative estimate of drug-likeness (QED) is 0.885. The van der Waals surface area contributed by atoms with Crippen LogP contribution >= 0.6 is 11.5 Å². The number of nitrogens with two attached hydrogens (primary N) is 1. The zero-order valence-electron chi connectivity index (χ0n) is 11.5. The Kier molecular flexibility index (Phi) is 3.84. The number of rotatable bonds is 6. The molecule has 5 nitrogen and oxygen atoms in total. The van der Waals surface area contributed by atoms with E-state index in [1.54, 1.807) is 13.3 Å². The SMILES string of the molecule is COCCN(c1snc(N)c1-c1cccnc1)C1CC1. The van der Waals surface area contributed by atoms with Gasteiger partial charge in [-0.2, -0.15) is 4.37 Å². The molecule has 20 heavy (non-hydrogen) atoms. The van der Waals surface area contributed by atoms with Gasteiger partial charge in [-0.3, -0.25) is 4.98 Å². The first kappa shape index (κ1) is 13.3. The standard InChI is InChI=1S/C14H18N4OS/c1-19-8-7-18(11-4-5-11)14-12(13(15)17-20-14)10-3-2-6-16-9-10/h2-3,6,9,11H,4-5,7-8H2,1H3,(H2,15,17). The molecule has 2 heterocycles. The molecule has 106 valence electrons. The van der Waals surface area contributed by atoms with E-state index in [4.69, 9.17) is 10.5 Å². The Bertz CT molecular complexity index is 568. The van der Waals surface area contributed by atoms with Crippen molar-refractivity contribution >= 4 is 22.4 Å². The number of methoxy groups -OCH3 is 1. The highest BCUT2D eigenvalue weighted by Gasteiger charge is 2.32. The van der Waals surface area contributed by atoms with Crippen LogP contribution in [0.3, 0.4) is 0 Å². The number of nitrogens with zero attached hydrogens (tertiary/aromatic N) is 3. The first-order valence-electron chi connectivity index (χ1n) is 6.72. The van der Waals surface area contributed by atoms with Crippen LogP contribution in [0.5, 0.6) is 0 Å². The van der Waals surface area contributed by atoms with Crippen molar-refractivity contribution < 1.29 is 4.74 Å². The van der Waals surface area contributed by atoms with Crippen molar-refractivity contribution in [1.29, 1.82) is 0 Å². The van der Waals surface area contributed by atoms with E-state index in [0.29, 0.717) is 18.5 Å². The lowest BCUT2D eigenvalue weighted by atomic mass is 10.1. The Morgan fingerprint density at radius 2 is 2.35 bits per heavy atom. The van der Waals surface area contributed by atoms with Gasteiger partial charge in [0.05, 0.1) is 12.2 Å². The number of pyridine rings is 1. The zero-order valence-corrected chi connectivity index (χ0v) is 12.3. The highest BCUT2D eigenvalue weighted by molar-refractivity contribution is 7.11. The molecular formula is C14H18N4OS. The Morgan fingerprint density at radius 3 is 3.00 bits per heavy atom. The molecule has 2 N–H and O–H groups in total. The molecule has 1 saturated carbocycles. The maximum Gasteiger partial charge on any atom is 0.147 e. The van der Waals surface area contributed by atoms with Crippen molar-refractivity contribution in [2.45, 2.75) is 18.9 Å². The first-order valence-corrected chi connectivity index (χ1v) is 7.49. The Hall–Kier alpha value is -1.66. The molecule has 0 saturated heterocycles. The molecule has 0 unspecified atom stereocenters. The lowest BCUT2D eigenvalue weighted by Crippen LogP contribution is -2.29. The van der Waals surface area contributed by atoms with Crippen LogP contribution < -0.4 is 10.6 Å². The Labute approximate surface area is 122 Å². The molecule has 1 fully saturated rings. The van der Waals surface area contributed by atoms with Gasteiger partial charge in [0, 0.05) is 37.7 Å². The maximum absolute atomic E-state index is 6.07. The second-order valence-electron chi connectivity index (χ2n) is 4.91. The summed E-state index contributed by atoms with van der Waals surface area (Å²) >= 11 is 1.47. The van der Waals surface area contributed by atoms with E-state index in [0.717, 1.165) is 22.7 Å². The molecule has 6 heteroatoms. The third-order valence-electron chi connectivity index (χ3n) is 3.44. The summed E-state index contributed by atoms with van der Waals surface area (Å²) in [5.41, 5.74) is 8.10. The third-order valence-corrected chi connectivity index (χ3v) is 4.34. The normalized spacial score (nSPS) is 14.4. The summed E-state index contributed by atoms with van der Waals surface area (Å²) in [6.07, 6.45) is 6.07. The third kappa shape index (κ3) is 2.62. The molecular weight excluding hydrogens is 272 g/mol. The Morgan fingerprint density at radius 1 is 1.50 bits per heavy atom. The van der Waals surface area contributed by atoms with Crippen molar-refractivity contribution in [3.8, 4) is 11.1 Å². The van der Waals surface area contributed by atoms with Crippen LogP contribution in [-0.4, -0.2) is 35.7 Å². The fourth-order valence-corrected chi connectivity index (χ4v) is 3.23. The Balaban J connectivity index is 1.96. The minimum Gasteiger partial charge on any atom is -0.383 e. The highest BCUT2D eigenvalue weighted by atomic mass is 32.1. The summed E-state index contributed by atoms with van der Waals surface area (Å²) in [6.45, 7) is 1.58. The maximum atomic E-state index is 6.07. The fourth-order valence-electron chi connectivity index (χ4n) is 2.30. The number of hydrogen-bond acceptors (Lipinski definition) is 6. The fraction of sp³-hybridized carbons (Fsp3) is 0.429. The molecule has 0 atom stereocenters. The van der Waals surface area contributed by atoms with Crippen LogP contribution in [0.15, 0.2) is 24.5 Å². The molecule has 0 spiro atoms. The van der Waals surface area contributed by atoms with Gasteiger partial charge < -0.3 is 15.4 Å². The van der Waals surface area contributed by atoms with Crippen LogP contribution in [0.2, 0.25) is 0 Å². The van der Waals surface area contributed by atoms with E-state index < -0.39 is 0 Å². The molecule has 2 aromatic rings. The molecule has 0 aliphatic heterocycles. The summed E-state index contributed by atoms with van der Waals surface area (Å²) in [4.78, 5) is 6.56. The molecule has 1 aliphatic carbocycles. The minimum atomic E-state index is 0.584. The molecule has 0 radical (unpaired) electrons. The van der Waals surface area contributed by atoms with Gasteiger partial charge in [0.25, 0.3) is 0 Å². The summed E-state index contributed by atoms with van der Waals surface area (Å²) in [6, 6.07) is 4.55. The van der Waals surface area contributed by atoms with Gasteiger partial charge in [0.15, 0.2) is 0 Å². The van der Waals surface area contributed by atoms with Crippen molar-refractivity contribution in [1.82, 2.24) is 9.36 Å². The van der Waals surface area contributed by atoms with Gasteiger partial charge in [-0.1, -0.05) is 6.07 Å². The van der Waals surface area contributed by atoms with Crippen molar-refractivity contribution in [3.63, 3.8) is 0 Å². The van der Waals surface area contributed by atoms with Crippen LogP contribution in [0.25, 0.3) is 11.1 Å². The van der Waals surface area contributed by atoms with E-state index in [1.165, 1.54) is 24.4 Å². The number of nitrogen functional groups attached to an aromatic ring is 1. The predicted molar refractivity (Wildman–Crippen MR) is 82.0 cm³/mol. The largest absolute Gasteiger partial charge is 0.383 e. The molecule has 3 rings (SSSR count). The van der Waals surface area contributed by atoms with E-state index in [2.05, 4.69) is 14.3 Å². The van der Waals surface area contributed by atoms with E-state index in [1.807, 2.05) is 18.3 Å². The van der Waals surface area contributed by atoms with E-state index in [9.17, 15) is 0 Å². The average Bonchev–Trinajstić information content (AvgIpc) is 3.24.